The van der Waals surface area contributed by atoms with Crippen LogP contribution in [0.4, 0.5) is 4.79 Å². The highest BCUT2D eigenvalue weighted by molar-refractivity contribution is 5.82. The first-order valence-corrected chi connectivity index (χ1v) is 9.12. The van der Waals surface area contributed by atoms with Gasteiger partial charge in [-0.05, 0) is 25.7 Å². The van der Waals surface area contributed by atoms with Crippen molar-refractivity contribution in [2.24, 2.45) is 5.92 Å². The van der Waals surface area contributed by atoms with Gasteiger partial charge in [0.05, 0.1) is 12.0 Å². The summed E-state index contributed by atoms with van der Waals surface area (Å²) >= 11 is 0. The number of likely N-dealkylation sites (tertiary alicyclic amines) is 2. The number of hydrogen-bond acceptors (Lipinski definition) is 3. The van der Waals surface area contributed by atoms with Crippen molar-refractivity contribution in [2.45, 2.75) is 63.5 Å². The van der Waals surface area contributed by atoms with Crippen LogP contribution < -0.4 is 5.32 Å². The van der Waals surface area contributed by atoms with Crippen LogP contribution in [0.25, 0.3) is 0 Å². The molecule has 0 spiro atoms. The molecule has 0 aromatic heterocycles. The molecule has 0 radical (unpaired) electrons. The summed E-state index contributed by atoms with van der Waals surface area (Å²) in [5.74, 6) is -1.19. The summed E-state index contributed by atoms with van der Waals surface area (Å²) in [6.07, 6.45) is 7.43. The van der Waals surface area contributed by atoms with Crippen molar-refractivity contribution < 1.29 is 19.5 Å². The van der Waals surface area contributed by atoms with Crippen molar-refractivity contribution in [1.82, 2.24) is 15.1 Å². The first-order valence-electron chi connectivity index (χ1n) is 9.12. The van der Waals surface area contributed by atoms with Crippen LogP contribution in [0.3, 0.4) is 0 Å². The van der Waals surface area contributed by atoms with E-state index in [1.807, 2.05) is 4.90 Å². The fraction of sp³-hybridized carbons (Fsp3) is 0.824. The van der Waals surface area contributed by atoms with Gasteiger partial charge in [-0.25, -0.2) is 4.79 Å². The number of urea groups is 1. The van der Waals surface area contributed by atoms with Gasteiger partial charge in [-0.15, -0.1) is 0 Å². The molecule has 2 unspecified atom stereocenters. The van der Waals surface area contributed by atoms with Crippen molar-refractivity contribution >= 4 is 17.9 Å². The van der Waals surface area contributed by atoms with E-state index < -0.39 is 11.9 Å². The minimum Gasteiger partial charge on any atom is -0.481 e. The van der Waals surface area contributed by atoms with Crippen molar-refractivity contribution in [1.29, 1.82) is 0 Å². The lowest BCUT2D eigenvalue weighted by Gasteiger charge is -2.32. The Bertz CT molecular complexity index is 504. The van der Waals surface area contributed by atoms with Gasteiger partial charge in [-0.1, -0.05) is 19.3 Å². The van der Waals surface area contributed by atoms with Crippen molar-refractivity contribution in [2.75, 3.05) is 19.6 Å². The second-order valence-electron chi connectivity index (χ2n) is 7.31. The number of piperidine rings is 1. The Morgan fingerprint density at radius 3 is 2.50 bits per heavy atom. The molecule has 2 atom stereocenters. The van der Waals surface area contributed by atoms with E-state index in [0.717, 1.165) is 12.8 Å². The molecule has 7 nitrogen and oxygen atoms in total. The molecule has 3 amide bonds. The summed E-state index contributed by atoms with van der Waals surface area (Å²) in [4.78, 5) is 39.3. The number of carbonyl (C=O) groups excluding carboxylic acids is 2. The lowest BCUT2D eigenvalue weighted by molar-refractivity contribution is -0.143. The summed E-state index contributed by atoms with van der Waals surface area (Å²) in [6.45, 7) is 1.43. The molecule has 24 heavy (non-hydrogen) atoms. The number of nitrogens with zero attached hydrogens (tertiary/aromatic N) is 2. The summed E-state index contributed by atoms with van der Waals surface area (Å²) in [7, 11) is 0. The maximum atomic E-state index is 12.4. The van der Waals surface area contributed by atoms with Crippen LogP contribution in [0.2, 0.25) is 0 Å². The van der Waals surface area contributed by atoms with Crippen LogP contribution in [-0.4, -0.2) is 64.5 Å². The molecule has 2 saturated heterocycles. The molecule has 3 aliphatic rings. The topological polar surface area (TPSA) is 90.0 Å². The smallest absolute Gasteiger partial charge is 0.317 e. The van der Waals surface area contributed by atoms with Crippen LogP contribution in [0.15, 0.2) is 0 Å². The van der Waals surface area contributed by atoms with Crippen molar-refractivity contribution in [3.05, 3.63) is 0 Å². The van der Waals surface area contributed by atoms with Gasteiger partial charge in [0.25, 0.3) is 0 Å². The first kappa shape index (κ1) is 17.0. The molecule has 134 valence electrons. The van der Waals surface area contributed by atoms with Gasteiger partial charge in [-0.2, -0.15) is 0 Å². The number of rotatable bonds is 3. The van der Waals surface area contributed by atoms with Gasteiger partial charge in [0, 0.05) is 32.1 Å². The minimum absolute atomic E-state index is 0.134. The lowest BCUT2D eigenvalue weighted by atomic mass is 9.94. The maximum absolute atomic E-state index is 12.4. The molecule has 1 saturated carbocycles. The Kier molecular flexibility index (Phi) is 5.26. The zero-order chi connectivity index (χ0) is 17.1. The van der Waals surface area contributed by atoms with Gasteiger partial charge in [0.2, 0.25) is 5.91 Å². The van der Waals surface area contributed by atoms with E-state index >= 15 is 0 Å². The SMILES string of the molecule is O=C(O)C1CCCN(C(=O)NC2CC(=O)N(C3CCCCC3)C2)C1. The Morgan fingerprint density at radius 2 is 1.79 bits per heavy atom. The van der Waals surface area contributed by atoms with Gasteiger partial charge in [0.15, 0.2) is 0 Å². The van der Waals surface area contributed by atoms with Crippen LogP contribution in [0, 0.1) is 5.92 Å². The Morgan fingerprint density at radius 1 is 1.04 bits per heavy atom. The van der Waals surface area contributed by atoms with Gasteiger partial charge < -0.3 is 20.2 Å². The normalized spacial score (nSPS) is 28.9. The van der Waals surface area contributed by atoms with Crippen LogP contribution >= 0.6 is 0 Å². The van der Waals surface area contributed by atoms with Gasteiger partial charge in [-0.3, -0.25) is 9.59 Å². The van der Waals surface area contributed by atoms with E-state index in [0.29, 0.717) is 38.4 Å². The van der Waals surface area contributed by atoms with E-state index in [2.05, 4.69) is 5.32 Å². The molecule has 7 heteroatoms. The Hall–Kier alpha value is -1.79. The molecule has 0 aromatic carbocycles. The Balaban J connectivity index is 1.51. The van der Waals surface area contributed by atoms with Gasteiger partial charge in [0.1, 0.15) is 0 Å². The van der Waals surface area contributed by atoms with Crippen LogP contribution in [0.1, 0.15) is 51.4 Å². The molecule has 1 aliphatic carbocycles. The maximum Gasteiger partial charge on any atom is 0.317 e. The molecular weight excluding hydrogens is 310 g/mol. The highest BCUT2D eigenvalue weighted by atomic mass is 16.4. The van der Waals surface area contributed by atoms with E-state index in [1.54, 1.807) is 4.90 Å². The second-order valence-corrected chi connectivity index (χ2v) is 7.31. The number of amides is 3. The van der Waals surface area contributed by atoms with E-state index in [9.17, 15) is 14.4 Å². The largest absolute Gasteiger partial charge is 0.481 e. The summed E-state index contributed by atoms with van der Waals surface area (Å²) < 4.78 is 0. The van der Waals surface area contributed by atoms with E-state index in [4.69, 9.17) is 5.11 Å². The number of aliphatic carboxylic acids is 1. The minimum atomic E-state index is -0.841. The average molecular weight is 337 g/mol. The zero-order valence-electron chi connectivity index (χ0n) is 14.1. The summed E-state index contributed by atoms with van der Waals surface area (Å²) in [6, 6.07) is -0.0547. The number of carbonyl (C=O) groups is 3. The number of carboxylic acids is 1. The molecule has 0 bridgehead atoms. The predicted octanol–water partition coefficient (Wildman–Crippen LogP) is 1.43. The summed E-state index contributed by atoms with van der Waals surface area (Å²) in [5, 5.41) is 12.1. The highest BCUT2D eigenvalue weighted by Crippen LogP contribution is 2.26. The third-order valence-corrected chi connectivity index (χ3v) is 5.56. The second kappa shape index (κ2) is 7.40. The van der Waals surface area contributed by atoms with Crippen molar-refractivity contribution in [3.8, 4) is 0 Å². The number of nitrogens with one attached hydrogen (secondary N) is 1. The average Bonchev–Trinajstić information content (AvgIpc) is 2.96. The fourth-order valence-electron chi connectivity index (χ4n) is 4.20. The molecule has 2 heterocycles. The summed E-state index contributed by atoms with van der Waals surface area (Å²) in [5.41, 5.74) is 0. The van der Waals surface area contributed by atoms with Crippen molar-refractivity contribution in [3.63, 3.8) is 0 Å². The Labute approximate surface area is 142 Å². The number of hydrogen-bond donors (Lipinski definition) is 2. The van der Waals surface area contributed by atoms with E-state index in [1.165, 1.54) is 19.3 Å². The van der Waals surface area contributed by atoms with E-state index in [-0.39, 0.29) is 24.5 Å². The third-order valence-electron chi connectivity index (χ3n) is 5.56. The number of carboxylic acid groups (broad SMARTS) is 1. The third kappa shape index (κ3) is 3.82. The molecule has 2 aliphatic heterocycles. The molecular formula is C17H27N3O4. The van der Waals surface area contributed by atoms with Gasteiger partial charge >= 0.3 is 12.0 Å². The van der Waals surface area contributed by atoms with Crippen LogP contribution in [-0.2, 0) is 9.59 Å². The fourth-order valence-corrected chi connectivity index (χ4v) is 4.20. The first-order chi connectivity index (χ1) is 11.5. The monoisotopic (exact) mass is 337 g/mol. The lowest BCUT2D eigenvalue weighted by Crippen LogP contribution is -2.50. The molecule has 3 rings (SSSR count). The standard InChI is InChI=1S/C17H27N3O4/c21-15-9-13(11-20(15)14-6-2-1-3-7-14)18-17(24)19-8-4-5-12(10-19)16(22)23/h12-14H,1-11H2,(H,18,24)(H,22,23). The molecule has 3 fully saturated rings. The molecule has 0 aromatic rings. The zero-order valence-corrected chi connectivity index (χ0v) is 14.1. The molecule has 2 N–H and O–H groups in total. The van der Waals surface area contributed by atoms with Crippen LogP contribution in [0.5, 0.6) is 0 Å². The quantitative estimate of drug-likeness (QED) is 0.815. The predicted molar refractivity (Wildman–Crippen MR) is 87.5 cm³/mol. The highest BCUT2D eigenvalue weighted by Gasteiger charge is 2.36.